The minimum Gasteiger partial charge on any atom is -0.353 e. The van der Waals surface area contributed by atoms with Crippen molar-refractivity contribution in [2.45, 2.75) is 38.1 Å². The lowest BCUT2D eigenvalue weighted by Gasteiger charge is -2.38. The molecule has 4 nitrogen and oxygen atoms in total. The topological polar surface area (TPSA) is 45.2 Å². The predicted molar refractivity (Wildman–Crippen MR) is 139 cm³/mol. The summed E-state index contributed by atoms with van der Waals surface area (Å²) in [6.07, 6.45) is 10.3. The number of likely N-dealkylation sites (tertiary alicyclic amines) is 1. The standard InChI is InChI=1S/C30H34FN3O/c31-28-16-14-25(23-33-28)15-17-29(35)32-20-8-7-9-24-18-21-34(22-19-24)30(26-10-3-1-4-11-26)27-12-5-2-6-13-27/h1-6,10-17,23-24,30H,7-9,18-22H2,(H,32,35). The number of carbonyl (C=O) groups excluding carboxylic acids is 1. The van der Waals surface area contributed by atoms with Gasteiger partial charge in [-0.1, -0.05) is 73.5 Å². The van der Waals surface area contributed by atoms with Crippen LogP contribution in [-0.2, 0) is 4.79 Å². The zero-order valence-electron chi connectivity index (χ0n) is 20.2. The molecule has 5 heteroatoms. The smallest absolute Gasteiger partial charge is 0.243 e. The van der Waals surface area contributed by atoms with Crippen molar-refractivity contribution < 1.29 is 9.18 Å². The molecule has 182 valence electrons. The van der Waals surface area contributed by atoms with Crippen molar-refractivity contribution >= 4 is 12.0 Å². The molecule has 4 rings (SSSR count). The molecule has 1 N–H and O–H groups in total. The lowest BCUT2D eigenvalue weighted by atomic mass is 9.88. The SMILES string of the molecule is O=C(C=Cc1ccc(F)nc1)NCCCCC1CCN(C(c2ccccc2)c2ccccc2)CC1. The first-order valence-electron chi connectivity index (χ1n) is 12.6. The molecule has 0 radical (unpaired) electrons. The Labute approximate surface area is 207 Å². The number of nitrogens with one attached hydrogen (secondary N) is 1. The minimum atomic E-state index is -0.524. The summed E-state index contributed by atoms with van der Waals surface area (Å²) in [6, 6.07) is 24.8. The summed E-state index contributed by atoms with van der Waals surface area (Å²) in [5, 5.41) is 2.93. The van der Waals surface area contributed by atoms with Gasteiger partial charge in [0.15, 0.2) is 0 Å². The summed E-state index contributed by atoms with van der Waals surface area (Å²) in [5.74, 6) is 0.0972. The van der Waals surface area contributed by atoms with E-state index >= 15 is 0 Å². The van der Waals surface area contributed by atoms with Crippen molar-refractivity contribution in [2.24, 2.45) is 5.92 Å². The second kappa shape index (κ2) is 13.0. The number of nitrogens with zero attached hydrogens (tertiary/aromatic N) is 2. The number of aromatic nitrogens is 1. The number of piperidine rings is 1. The maximum atomic E-state index is 12.8. The highest BCUT2D eigenvalue weighted by atomic mass is 19.1. The van der Waals surface area contributed by atoms with E-state index < -0.39 is 5.95 Å². The van der Waals surface area contributed by atoms with Gasteiger partial charge in [0.25, 0.3) is 0 Å². The molecule has 1 aliphatic heterocycles. The summed E-state index contributed by atoms with van der Waals surface area (Å²) < 4.78 is 12.8. The fourth-order valence-electron chi connectivity index (χ4n) is 4.87. The van der Waals surface area contributed by atoms with Crippen LogP contribution in [0.4, 0.5) is 4.39 Å². The highest BCUT2D eigenvalue weighted by Gasteiger charge is 2.27. The minimum absolute atomic E-state index is 0.129. The van der Waals surface area contributed by atoms with Crippen molar-refractivity contribution in [3.05, 3.63) is 108 Å². The molecule has 1 fully saturated rings. The van der Waals surface area contributed by atoms with Crippen LogP contribution in [-0.4, -0.2) is 35.4 Å². The van der Waals surface area contributed by atoms with Crippen molar-refractivity contribution in [1.82, 2.24) is 15.2 Å². The molecule has 0 saturated carbocycles. The number of carbonyl (C=O) groups is 1. The Kier molecular flexibility index (Phi) is 9.18. The number of hydrogen-bond acceptors (Lipinski definition) is 3. The molecule has 1 saturated heterocycles. The lowest BCUT2D eigenvalue weighted by molar-refractivity contribution is -0.116. The first-order chi connectivity index (χ1) is 17.2. The zero-order valence-corrected chi connectivity index (χ0v) is 20.2. The fourth-order valence-corrected chi connectivity index (χ4v) is 4.87. The van der Waals surface area contributed by atoms with E-state index in [4.69, 9.17) is 0 Å². The number of pyridine rings is 1. The van der Waals surface area contributed by atoms with Crippen LogP contribution in [0.3, 0.4) is 0 Å². The molecule has 2 heterocycles. The summed E-state index contributed by atoms with van der Waals surface area (Å²) in [4.78, 5) is 18.2. The van der Waals surface area contributed by atoms with Crippen molar-refractivity contribution in [1.29, 1.82) is 0 Å². The molecule has 0 aliphatic carbocycles. The van der Waals surface area contributed by atoms with Crippen molar-refractivity contribution in [3.63, 3.8) is 0 Å². The zero-order chi connectivity index (χ0) is 24.3. The van der Waals surface area contributed by atoms with Gasteiger partial charge in [0.1, 0.15) is 0 Å². The van der Waals surface area contributed by atoms with Crippen LogP contribution in [0.15, 0.2) is 85.1 Å². The van der Waals surface area contributed by atoms with Gasteiger partial charge in [0, 0.05) is 18.8 Å². The van der Waals surface area contributed by atoms with Crippen LogP contribution in [0.1, 0.15) is 54.8 Å². The number of rotatable bonds is 10. The van der Waals surface area contributed by atoms with Gasteiger partial charge in [0.05, 0.1) is 6.04 Å². The molecule has 1 aliphatic rings. The van der Waals surface area contributed by atoms with Gasteiger partial charge in [0.2, 0.25) is 11.9 Å². The summed E-state index contributed by atoms with van der Waals surface area (Å²) >= 11 is 0. The van der Waals surface area contributed by atoms with Crippen molar-refractivity contribution in [2.75, 3.05) is 19.6 Å². The van der Waals surface area contributed by atoms with Crippen LogP contribution in [0.5, 0.6) is 0 Å². The van der Waals surface area contributed by atoms with Crippen LogP contribution in [0, 0.1) is 11.9 Å². The van der Waals surface area contributed by atoms with E-state index in [-0.39, 0.29) is 5.91 Å². The highest BCUT2D eigenvalue weighted by Crippen LogP contribution is 2.33. The van der Waals surface area contributed by atoms with Gasteiger partial charge in [-0.2, -0.15) is 4.39 Å². The molecule has 0 unspecified atom stereocenters. The third-order valence-electron chi connectivity index (χ3n) is 6.76. The van der Waals surface area contributed by atoms with E-state index in [9.17, 15) is 9.18 Å². The van der Waals surface area contributed by atoms with Gasteiger partial charge in [-0.25, -0.2) is 4.98 Å². The average molecular weight is 472 g/mol. The lowest BCUT2D eigenvalue weighted by Crippen LogP contribution is -2.37. The fraction of sp³-hybridized carbons (Fsp3) is 0.333. The Hall–Kier alpha value is -3.31. The van der Waals surface area contributed by atoms with E-state index in [0.29, 0.717) is 18.2 Å². The first kappa shape index (κ1) is 24.8. The second-order valence-electron chi connectivity index (χ2n) is 9.24. The largest absolute Gasteiger partial charge is 0.353 e. The third-order valence-corrected chi connectivity index (χ3v) is 6.76. The van der Waals surface area contributed by atoms with Crippen LogP contribution in [0.25, 0.3) is 6.08 Å². The number of hydrogen-bond donors (Lipinski definition) is 1. The van der Waals surface area contributed by atoms with Crippen LogP contribution in [0.2, 0.25) is 0 Å². The molecule has 35 heavy (non-hydrogen) atoms. The van der Waals surface area contributed by atoms with Crippen molar-refractivity contribution in [3.8, 4) is 0 Å². The number of benzene rings is 2. The average Bonchev–Trinajstić information content (AvgIpc) is 2.90. The molecule has 3 aromatic rings. The van der Waals surface area contributed by atoms with E-state index in [0.717, 1.165) is 31.8 Å². The van der Waals surface area contributed by atoms with E-state index in [2.05, 4.69) is 75.9 Å². The number of amides is 1. The maximum absolute atomic E-state index is 12.8. The van der Waals surface area contributed by atoms with Crippen LogP contribution < -0.4 is 5.32 Å². The van der Waals surface area contributed by atoms with Crippen LogP contribution >= 0.6 is 0 Å². The van der Waals surface area contributed by atoms with E-state index in [1.54, 1.807) is 12.1 Å². The monoisotopic (exact) mass is 471 g/mol. The Bertz CT molecular complexity index is 1020. The Morgan fingerprint density at radius 1 is 0.971 bits per heavy atom. The van der Waals surface area contributed by atoms with Gasteiger partial charge in [-0.05, 0) is 73.2 Å². The third kappa shape index (κ3) is 7.59. The Morgan fingerprint density at radius 3 is 2.23 bits per heavy atom. The molecular formula is C30H34FN3O. The molecule has 0 atom stereocenters. The first-order valence-corrected chi connectivity index (χ1v) is 12.6. The van der Waals surface area contributed by atoms with Gasteiger partial charge in [-0.3, -0.25) is 9.69 Å². The molecule has 1 aromatic heterocycles. The van der Waals surface area contributed by atoms with Gasteiger partial charge in [-0.15, -0.1) is 0 Å². The summed E-state index contributed by atoms with van der Waals surface area (Å²) in [5.41, 5.74) is 3.42. The van der Waals surface area contributed by atoms with Gasteiger partial charge < -0.3 is 5.32 Å². The summed E-state index contributed by atoms with van der Waals surface area (Å²) in [6.45, 7) is 2.89. The number of unbranched alkanes of at least 4 members (excludes halogenated alkanes) is 1. The molecule has 2 aromatic carbocycles. The second-order valence-corrected chi connectivity index (χ2v) is 9.24. The van der Waals surface area contributed by atoms with Gasteiger partial charge >= 0.3 is 0 Å². The maximum Gasteiger partial charge on any atom is 0.243 e. The summed E-state index contributed by atoms with van der Waals surface area (Å²) in [7, 11) is 0. The van der Waals surface area contributed by atoms with E-state index in [1.807, 2.05) is 0 Å². The highest BCUT2D eigenvalue weighted by molar-refractivity contribution is 5.91. The Morgan fingerprint density at radius 2 is 1.63 bits per heavy atom. The molecular weight excluding hydrogens is 437 g/mol. The quantitative estimate of drug-likeness (QED) is 0.223. The normalized spacial score (nSPS) is 15.0. The molecule has 0 bridgehead atoms. The number of halogens is 1. The predicted octanol–water partition coefficient (Wildman–Crippen LogP) is 6.02. The molecule has 0 spiro atoms. The van der Waals surface area contributed by atoms with E-state index in [1.165, 1.54) is 48.7 Å². The molecule has 1 amide bonds. The Balaban J connectivity index is 1.17.